The fourth-order valence-electron chi connectivity index (χ4n) is 0.245. The van der Waals surface area contributed by atoms with Crippen molar-refractivity contribution in [1.82, 2.24) is 5.32 Å². The summed E-state index contributed by atoms with van der Waals surface area (Å²) in [6.07, 6.45) is 4.29. The molecule has 0 heterocycles. The van der Waals surface area contributed by atoms with Gasteiger partial charge in [0.1, 0.15) is 0 Å². The molecule has 0 spiro atoms. The highest BCUT2D eigenvalue weighted by molar-refractivity contribution is 7.96. The molecule has 0 unspecified atom stereocenters. The van der Waals surface area contributed by atoms with E-state index in [1.807, 2.05) is 13.0 Å². The number of allylic oxidation sites excluding steroid dienone is 1. The normalized spacial score (nSPS) is 9.62. The van der Waals surface area contributed by atoms with Crippen LogP contribution >= 0.6 is 12.6 Å². The molecule has 0 aliphatic heterocycles. The lowest BCUT2D eigenvalue weighted by atomic mass is 10.5. The zero-order chi connectivity index (χ0) is 6.41. The highest BCUT2D eigenvalue weighted by Crippen LogP contribution is 1.78. The average molecular weight is 130 g/mol. The molecule has 0 aromatic rings. The average Bonchev–Trinajstić information content (AvgIpc) is 1.66. The van der Waals surface area contributed by atoms with E-state index in [1.165, 1.54) is 0 Å². The Kier molecular flexibility index (Phi) is 4.26. The second-order valence-corrected chi connectivity index (χ2v) is 1.61. The van der Waals surface area contributed by atoms with Crippen LogP contribution in [0.1, 0.15) is 13.3 Å². The number of amides is 1. The third-order valence-corrected chi connectivity index (χ3v) is 0.673. The molecule has 0 aromatic heterocycles. The number of carbonyl (C=O) groups excluding carboxylic acids is 1. The van der Waals surface area contributed by atoms with Crippen molar-refractivity contribution in [1.29, 1.82) is 0 Å². The van der Waals surface area contributed by atoms with Gasteiger partial charge in [-0.1, -0.05) is 13.0 Å². The summed E-state index contributed by atoms with van der Waals surface area (Å²) in [5.41, 5.74) is 0. The molecule has 2 nitrogen and oxygen atoms in total. The lowest BCUT2D eigenvalue weighted by Gasteiger charge is -1.84. The molecular formula is C5H8NOS. The minimum atomic E-state index is -0.435. The van der Waals surface area contributed by atoms with Gasteiger partial charge in [-0.2, -0.15) is 0 Å². The van der Waals surface area contributed by atoms with Gasteiger partial charge >= 0.3 is 5.24 Å². The first kappa shape index (κ1) is 7.43. The van der Waals surface area contributed by atoms with Gasteiger partial charge in [-0.15, -0.1) is 0 Å². The maximum absolute atomic E-state index is 9.97. The minimum absolute atomic E-state index is 0.435. The number of hydrogen-bond acceptors (Lipinski definition) is 1. The summed E-state index contributed by atoms with van der Waals surface area (Å²) in [5.74, 6) is 0. The van der Waals surface area contributed by atoms with Crippen molar-refractivity contribution >= 4 is 17.9 Å². The lowest BCUT2D eigenvalue weighted by molar-refractivity contribution is 0.263. The molecule has 3 heteroatoms. The molecule has 1 amide bonds. The van der Waals surface area contributed by atoms with Gasteiger partial charge < -0.3 is 5.32 Å². The van der Waals surface area contributed by atoms with Gasteiger partial charge in [0, 0.05) is 6.20 Å². The van der Waals surface area contributed by atoms with E-state index < -0.39 is 5.24 Å². The SMILES string of the molecule is CC/C=C/NC(=O)[S]. The molecule has 0 atom stereocenters. The zero-order valence-electron chi connectivity index (χ0n) is 4.68. The minimum Gasteiger partial charge on any atom is -0.320 e. The van der Waals surface area contributed by atoms with Crippen LogP contribution in [0.2, 0.25) is 0 Å². The molecule has 1 radical (unpaired) electrons. The molecule has 0 aliphatic carbocycles. The number of hydrogen-bond donors (Lipinski definition) is 1. The van der Waals surface area contributed by atoms with Crippen molar-refractivity contribution in [3.05, 3.63) is 12.3 Å². The summed E-state index contributed by atoms with van der Waals surface area (Å²) in [6.45, 7) is 1.98. The first-order chi connectivity index (χ1) is 3.77. The van der Waals surface area contributed by atoms with Crippen LogP contribution in [-0.4, -0.2) is 5.24 Å². The molecule has 1 N–H and O–H groups in total. The van der Waals surface area contributed by atoms with Crippen LogP contribution in [0.5, 0.6) is 0 Å². The van der Waals surface area contributed by atoms with Gasteiger partial charge in [-0.3, -0.25) is 4.79 Å². The molecule has 0 aliphatic rings. The molecule has 0 saturated heterocycles. The number of carbonyl (C=O) groups is 1. The molecule has 0 saturated carbocycles. The van der Waals surface area contributed by atoms with E-state index in [-0.39, 0.29) is 0 Å². The molecule has 0 rings (SSSR count). The predicted octanol–water partition coefficient (Wildman–Crippen LogP) is 1.82. The van der Waals surface area contributed by atoms with Gasteiger partial charge in [0.25, 0.3) is 0 Å². The van der Waals surface area contributed by atoms with E-state index in [2.05, 4.69) is 17.9 Å². The Bertz CT molecular complexity index is 101. The quantitative estimate of drug-likeness (QED) is 0.607. The predicted molar refractivity (Wildman–Crippen MR) is 35.6 cm³/mol. The summed E-state index contributed by atoms with van der Waals surface area (Å²) in [5, 5.41) is 1.91. The second kappa shape index (κ2) is 4.59. The molecule has 45 valence electrons. The van der Waals surface area contributed by atoms with E-state index in [0.717, 1.165) is 6.42 Å². The highest BCUT2D eigenvalue weighted by atomic mass is 32.1. The Morgan fingerprint density at radius 1 is 1.88 bits per heavy atom. The van der Waals surface area contributed by atoms with Gasteiger partial charge in [0.2, 0.25) is 0 Å². The highest BCUT2D eigenvalue weighted by Gasteiger charge is 1.82. The Labute approximate surface area is 54.4 Å². The van der Waals surface area contributed by atoms with Crippen molar-refractivity contribution < 1.29 is 4.79 Å². The standard InChI is InChI=1S/C5H8NOS/c1-2-3-4-6-5(7)8/h3-4H,2H2,1H3,(H,6,7)/b4-3+. The molecular weight excluding hydrogens is 122 g/mol. The van der Waals surface area contributed by atoms with Crippen molar-refractivity contribution in [2.45, 2.75) is 13.3 Å². The smallest absolute Gasteiger partial charge is 0.314 e. The van der Waals surface area contributed by atoms with E-state index in [4.69, 9.17) is 0 Å². The van der Waals surface area contributed by atoms with Gasteiger partial charge in [-0.05, 0) is 19.0 Å². The van der Waals surface area contributed by atoms with Crippen LogP contribution in [0.4, 0.5) is 4.79 Å². The molecule has 8 heavy (non-hydrogen) atoms. The number of rotatable bonds is 2. The first-order valence-corrected chi connectivity index (χ1v) is 2.80. The monoisotopic (exact) mass is 130 g/mol. The van der Waals surface area contributed by atoms with Crippen LogP contribution in [0, 0.1) is 0 Å². The summed E-state index contributed by atoms with van der Waals surface area (Å²) < 4.78 is 0. The van der Waals surface area contributed by atoms with E-state index in [0.29, 0.717) is 0 Å². The van der Waals surface area contributed by atoms with Gasteiger partial charge in [0.05, 0.1) is 0 Å². The Morgan fingerprint density at radius 2 is 2.50 bits per heavy atom. The van der Waals surface area contributed by atoms with Crippen LogP contribution in [0.3, 0.4) is 0 Å². The topological polar surface area (TPSA) is 29.1 Å². The van der Waals surface area contributed by atoms with E-state index in [1.54, 1.807) is 6.20 Å². The fourth-order valence-corrected chi connectivity index (χ4v) is 0.313. The Morgan fingerprint density at radius 3 is 2.88 bits per heavy atom. The molecule has 0 aromatic carbocycles. The van der Waals surface area contributed by atoms with Crippen molar-refractivity contribution in [2.24, 2.45) is 0 Å². The Hall–Kier alpha value is -0.570. The van der Waals surface area contributed by atoms with Crippen LogP contribution in [-0.2, 0) is 0 Å². The summed E-state index contributed by atoms with van der Waals surface area (Å²) in [6, 6.07) is 0. The second-order valence-electron chi connectivity index (χ2n) is 1.24. The third kappa shape index (κ3) is 5.43. The van der Waals surface area contributed by atoms with Gasteiger partial charge in [-0.25, -0.2) is 0 Å². The van der Waals surface area contributed by atoms with Crippen molar-refractivity contribution in [2.75, 3.05) is 0 Å². The maximum Gasteiger partial charge on any atom is 0.314 e. The summed E-state index contributed by atoms with van der Waals surface area (Å²) in [7, 11) is 0. The molecule has 0 bridgehead atoms. The maximum atomic E-state index is 9.97. The van der Waals surface area contributed by atoms with Crippen molar-refractivity contribution in [3.8, 4) is 0 Å². The van der Waals surface area contributed by atoms with E-state index in [9.17, 15) is 4.79 Å². The third-order valence-electron chi connectivity index (χ3n) is 0.555. The fraction of sp³-hybridized carbons (Fsp3) is 0.400. The Balaban J connectivity index is 3.16. The van der Waals surface area contributed by atoms with Crippen LogP contribution < -0.4 is 5.32 Å². The van der Waals surface area contributed by atoms with Crippen molar-refractivity contribution in [3.63, 3.8) is 0 Å². The zero-order valence-corrected chi connectivity index (χ0v) is 5.49. The van der Waals surface area contributed by atoms with Gasteiger partial charge in [0.15, 0.2) is 0 Å². The number of nitrogens with one attached hydrogen (secondary N) is 1. The summed E-state index contributed by atoms with van der Waals surface area (Å²) in [4.78, 5) is 9.97. The molecule has 0 fully saturated rings. The van der Waals surface area contributed by atoms with Crippen LogP contribution in [0.15, 0.2) is 12.3 Å². The summed E-state index contributed by atoms with van der Waals surface area (Å²) >= 11 is 4.19. The largest absolute Gasteiger partial charge is 0.320 e. The van der Waals surface area contributed by atoms with Crippen LogP contribution in [0.25, 0.3) is 0 Å². The lowest BCUT2D eigenvalue weighted by Crippen LogP contribution is -2.06. The van der Waals surface area contributed by atoms with E-state index >= 15 is 0 Å². The first-order valence-electron chi connectivity index (χ1n) is 2.40.